The number of phosphoric acid groups is 1. The first-order valence-electron chi connectivity index (χ1n) is 11.4. The molecule has 1 aliphatic heterocycles. The van der Waals surface area contributed by atoms with Gasteiger partial charge in [0.15, 0.2) is 11.5 Å². The van der Waals surface area contributed by atoms with Gasteiger partial charge in [-0.15, -0.1) is 11.3 Å². The normalized spacial score (nSPS) is 14.2. The molecule has 5 N–H and O–H groups in total. The van der Waals surface area contributed by atoms with Crippen LogP contribution in [0.4, 0.5) is 5.69 Å². The molecular weight excluding hydrogens is 529 g/mol. The lowest BCUT2D eigenvalue weighted by molar-refractivity contribution is -0.121. The van der Waals surface area contributed by atoms with Gasteiger partial charge < -0.3 is 30.3 Å². The molecule has 1 aromatic heterocycles. The van der Waals surface area contributed by atoms with Gasteiger partial charge in [-0.3, -0.25) is 9.32 Å². The average Bonchev–Trinajstić information content (AvgIpc) is 3.57. The van der Waals surface area contributed by atoms with Gasteiger partial charge in [-0.05, 0) is 42.3 Å². The second-order valence-corrected chi connectivity index (χ2v) is 11.0. The molecule has 0 radical (unpaired) electrons. The molecule has 38 heavy (non-hydrogen) atoms. The minimum Gasteiger partial charge on any atom is -0.454 e. The molecule has 4 aromatic rings. The first-order valence-corrected chi connectivity index (χ1v) is 13.9. The van der Waals surface area contributed by atoms with Crippen LogP contribution in [0.5, 0.6) is 11.5 Å². The summed E-state index contributed by atoms with van der Waals surface area (Å²) in [5.41, 5.74) is 9.44. The Balaban J connectivity index is 1.24. The number of thiazole rings is 1. The third kappa shape index (κ3) is 5.94. The number of nitrogens with zero attached hydrogens (tertiary/aromatic N) is 1. The maximum absolute atomic E-state index is 12.4. The van der Waals surface area contributed by atoms with Gasteiger partial charge in [0.2, 0.25) is 12.7 Å². The Morgan fingerprint density at radius 1 is 1.03 bits per heavy atom. The van der Waals surface area contributed by atoms with Crippen molar-refractivity contribution in [3.05, 3.63) is 72.1 Å². The van der Waals surface area contributed by atoms with E-state index in [1.165, 1.54) is 18.3 Å². The number of hydrogen-bond donors (Lipinski definition) is 4. The van der Waals surface area contributed by atoms with Crippen LogP contribution in [0.25, 0.3) is 33.0 Å². The monoisotopic (exact) mass is 553 g/mol. The van der Waals surface area contributed by atoms with Gasteiger partial charge in [-0.1, -0.05) is 42.5 Å². The Morgan fingerprint density at radius 2 is 1.66 bits per heavy atom. The summed E-state index contributed by atoms with van der Waals surface area (Å²) in [7, 11) is -4.74. The summed E-state index contributed by atoms with van der Waals surface area (Å²) in [4.78, 5) is 34.9. The van der Waals surface area contributed by atoms with Crippen molar-refractivity contribution < 1.29 is 33.1 Å². The summed E-state index contributed by atoms with van der Waals surface area (Å²) in [6.45, 7) is 0.928. The Morgan fingerprint density at radius 3 is 2.37 bits per heavy atom. The smallest absolute Gasteiger partial charge is 0.454 e. The molecule has 0 fully saturated rings. The summed E-state index contributed by atoms with van der Waals surface area (Å²) in [6, 6.07) is 21.1. The lowest BCUT2D eigenvalue weighted by atomic mass is 10.0. The lowest BCUT2D eigenvalue weighted by Gasteiger charge is -2.23. The van der Waals surface area contributed by atoms with Gasteiger partial charge in [0, 0.05) is 22.2 Å². The number of nitrogens with one attached hydrogen (secondary N) is 1. The van der Waals surface area contributed by atoms with Crippen molar-refractivity contribution >= 4 is 30.8 Å². The van der Waals surface area contributed by atoms with E-state index in [-0.39, 0.29) is 6.79 Å². The standard InChI is InChI=1S/C26H24N3O7PS/c1-26(27,14-36-37(31,32)33)25(30)28-20-9-6-17(7-10-20)21-13-38-24(29-21)18-4-2-16(3-5-18)19-8-11-22-23(12-19)35-15-34-22/h2-13H,14-15,27H2,1H3,(H,28,30)(H2,31,32,33). The van der Waals surface area contributed by atoms with Crippen molar-refractivity contribution in [1.82, 2.24) is 4.98 Å². The molecule has 1 amide bonds. The minimum atomic E-state index is -4.74. The molecule has 196 valence electrons. The number of benzene rings is 3. The van der Waals surface area contributed by atoms with Crippen LogP contribution in [-0.2, 0) is 13.9 Å². The number of aromatic nitrogens is 1. The Kier molecular flexibility index (Phi) is 7.06. The highest BCUT2D eigenvalue weighted by atomic mass is 32.1. The van der Waals surface area contributed by atoms with Crippen LogP contribution in [0.1, 0.15) is 6.92 Å². The van der Waals surface area contributed by atoms with Crippen molar-refractivity contribution in [2.75, 3.05) is 18.7 Å². The van der Waals surface area contributed by atoms with Crippen molar-refractivity contribution in [3.63, 3.8) is 0 Å². The highest BCUT2D eigenvalue weighted by Crippen LogP contribution is 2.38. The van der Waals surface area contributed by atoms with Crippen LogP contribution in [0, 0.1) is 0 Å². The van der Waals surface area contributed by atoms with Gasteiger partial charge in [0.1, 0.15) is 10.5 Å². The third-order valence-electron chi connectivity index (χ3n) is 5.83. The predicted octanol–water partition coefficient (Wildman–Crippen LogP) is 4.64. The van der Waals surface area contributed by atoms with E-state index in [1.54, 1.807) is 12.1 Å². The first kappa shape index (κ1) is 26.1. The second kappa shape index (κ2) is 10.3. The summed E-state index contributed by atoms with van der Waals surface area (Å²) in [5.74, 6) is 0.855. The fraction of sp³-hybridized carbons (Fsp3) is 0.154. The van der Waals surface area contributed by atoms with E-state index in [0.717, 1.165) is 44.5 Å². The number of fused-ring (bicyclic) bond motifs is 1. The number of ether oxygens (including phenoxy) is 2. The molecule has 5 rings (SSSR count). The molecule has 0 aliphatic carbocycles. The first-order chi connectivity index (χ1) is 18.1. The molecule has 3 aromatic carbocycles. The van der Waals surface area contributed by atoms with Gasteiger partial charge in [0.25, 0.3) is 0 Å². The molecule has 0 bridgehead atoms. The van der Waals surface area contributed by atoms with E-state index in [9.17, 15) is 9.36 Å². The molecule has 0 spiro atoms. The molecule has 1 aliphatic rings. The molecule has 1 atom stereocenters. The van der Waals surface area contributed by atoms with Crippen LogP contribution in [0.15, 0.2) is 72.1 Å². The highest BCUT2D eigenvalue weighted by molar-refractivity contribution is 7.46. The topological polar surface area (TPSA) is 153 Å². The van der Waals surface area contributed by atoms with Gasteiger partial charge in [0.05, 0.1) is 12.3 Å². The predicted molar refractivity (Wildman–Crippen MR) is 144 cm³/mol. The molecule has 0 saturated carbocycles. The zero-order chi connectivity index (χ0) is 26.9. The van der Waals surface area contributed by atoms with Crippen molar-refractivity contribution in [2.24, 2.45) is 5.73 Å². The molecule has 0 saturated heterocycles. The lowest BCUT2D eigenvalue weighted by Crippen LogP contribution is -2.52. The second-order valence-electron chi connectivity index (χ2n) is 8.90. The maximum Gasteiger partial charge on any atom is 0.469 e. The molecule has 12 heteroatoms. The number of amides is 1. The fourth-order valence-corrected chi connectivity index (χ4v) is 4.97. The molecule has 10 nitrogen and oxygen atoms in total. The van der Waals surface area contributed by atoms with E-state index in [1.807, 2.05) is 60.0 Å². The van der Waals surface area contributed by atoms with Crippen molar-refractivity contribution in [1.29, 1.82) is 0 Å². The SMILES string of the molecule is CC(N)(COP(=O)(O)O)C(=O)Nc1ccc(-c2csc(-c3ccc(-c4ccc5c(c4)OCO5)cc3)n2)cc1. The summed E-state index contributed by atoms with van der Waals surface area (Å²) in [5, 5.41) is 5.47. The number of rotatable bonds is 8. The Labute approximate surface area is 222 Å². The summed E-state index contributed by atoms with van der Waals surface area (Å²) >= 11 is 1.53. The summed E-state index contributed by atoms with van der Waals surface area (Å²) < 4.78 is 26.1. The molecular formula is C26H24N3O7PS. The number of nitrogens with two attached hydrogens (primary N) is 1. The van der Waals surface area contributed by atoms with E-state index < -0.39 is 25.9 Å². The molecule has 2 heterocycles. The number of carbonyl (C=O) groups is 1. The van der Waals surface area contributed by atoms with Crippen LogP contribution in [-0.4, -0.2) is 39.6 Å². The van der Waals surface area contributed by atoms with E-state index >= 15 is 0 Å². The van der Waals surface area contributed by atoms with E-state index in [4.69, 9.17) is 30.0 Å². The quantitative estimate of drug-likeness (QED) is 0.229. The van der Waals surface area contributed by atoms with Gasteiger partial charge in [-0.25, -0.2) is 9.55 Å². The van der Waals surface area contributed by atoms with Gasteiger partial charge in [-0.2, -0.15) is 0 Å². The zero-order valence-electron chi connectivity index (χ0n) is 20.2. The fourth-order valence-electron chi connectivity index (χ4n) is 3.70. The Hall–Kier alpha value is -3.57. The number of hydrogen-bond acceptors (Lipinski definition) is 8. The number of anilines is 1. The Bertz CT molecular complexity index is 1510. The summed E-state index contributed by atoms with van der Waals surface area (Å²) in [6.07, 6.45) is 0. The van der Waals surface area contributed by atoms with Crippen LogP contribution in [0.3, 0.4) is 0 Å². The minimum absolute atomic E-state index is 0.242. The highest BCUT2D eigenvalue weighted by Gasteiger charge is 2.32. The number of carbonyl (C=O) groups excluding carboxylic acids is 1. The van der Waals surface area contributed by atoms with E-state index in [2.05, 4.69) is 9.84 Å². The van der Waals surface area contributed by atoms with Gasteiger partial charge >= 0.3 is 7.82 Å². The van der Waals surface area contributed by atoms with Crippen molar-refractivity contribution in [3.8, 4) is 44.5 Å². The maximum atomic E-state index is 12.4. The third-order valence-corrected chi connectivity index (χ3v) is 7.19. The van der Waals surface area contributed by atoms with E-state index in [0.29, 0.717) is 5.69 Å². The zero-order valence-corrected chi connectivity index (χ0v) is 21.9. The van der Waals surface area contributed by atoms with Crippen LogP contribution in [0.2, 0.25) is 0 Å². The van der Waals surface area contributed by atoms with Crippen LogP contribution < -0.4 is 20.5 Å². The average molecular weight is 554 g/mol. The van der Waals surface area contributed by atoms with Crippen LogP contribution >= 0.6 is 19.2 Å². The molecule has 1 unspecified atom stereocenters. The largest absolute Gasteiger partial charge is 0.469 e. The number of phosphoric ester groups is 1. The van der Waals surface area contributed by atoms with Crippen molar-refractivity contribution in [2.45, 2.75) is 12.5 Å².